The van der Waals surface area contributed by atoms with E-state index in [-0.39, 0.29) is 12.5 Å². The van der Waals surface area contributed by atoms with Gasteiger partial charge < -0.3 is 14.2 Å². The Bertz CT molecular complexity index is 1020. The highest BCUT2D eigenvalue weighted by Gasteiger charge is 2.28. The third-order valence-corrected chi connectivity index (χ3v) is 5.88. The molecule has 0 spiro atoms. The lowest BCUT2D eigenvalue weighted by Gasteiger charge is -2.33. The van der Waals surface area contributed by atoms with Gasteiger partial charge in [-0.25, -0.2) is 0 Å². The zero-order valence-electron chi connectivity index (χ0n) is 17.9. The quantitative estimate of drug-likeness (QED) is 0.587. The molecule has 0 unspecified atom stereocenters. The summed E-state index contributed by atoms with van der Waals surface area (Å²) >= 11 is 0. The van der Waals surface area contributed by atoms with E-state index in [2.05, 4.69) is 36.3 Å². The van der Waals surface area contributed by atoms with Gasteiger partial charge in [0.15, 0.2) is 11.5 Å². The first-order valence-corrected chi connectivity index (χ1v) is 10.5. The molecule has 0 aliphatic carbocycles. The molecule has 1 fully saturated rings. The molecular weight excluding hydrogens is 376 g/mol. The maximum Gasteiger partial charge on any atom is 0.276 e. The van der Waals surface area contributed by atoms with Gasteiger partial charge in [-0.3, -0.25) is 4.79 Å². The van der Waals surface area contributed by atoms with E-state index in [9.17, 15) is 4.79 Å². The highest BCUT2D eigenvalue weighted by molar-refractivity contribution is 5.92. The Morgan fingerprint density at radius 2 is 1.83 bits per heavy atom. The van der Waals surface area contributed by atoms with E-state index in [4.69, 9.17) is 9.26 Å². The molecule has 1 aromatic heterocycles. The van der Waals surface area contributed by atoms with E-state index >= 15 is 0 Å². The molecule has 1 aliphatic rings. The maximum atomic E-state index is 13.0. The van der Waals surface area contributed by atoms with Crippen LogP contribution in [0.3, 0.4) is 0 Å². The van der Waals surface area contributed by atoms with Crippen LogP contribution in [0.25, 0.3) is 0 Å². The summed E-state index contributed by atoms with van der Waals surface area (Å²) in [6.45, 7) is 7.87. The first-order chi connectivity index (χ1) is 14.5. The maximum absolute atomic E-state index is 13.0. The van der Waals surface area contributed by atoms with Crippen LogP contribution >= 0.6 is 0 Å². The zero-order valence-corrected chi connectivity index (χ0v) is 17.9. The average molecular weight is 405 g/mol. The lowest BCUT2D eigenvalue weighted by atomic mass is 9.88. The number of nitrogens with zero attached hydrogens (tertiary/aromatic N) is 2. The molecule has 5 nitrogen and oxygen atoms in total. The number of ether oxygens (including phenoxy) is 1. The molecule has 5 heteroatoms. The molecule has 4 rings (SSSR count). The van der Waals surface area contributed by atoms with Crippen molar-refractivity contribution >= 4 is 5.91 Å². The number of amides is 1. The molecule has 2 aromatic carbocycles. The molecule has 30 heavy (non-hydrogen) atoms. The number of carbonyl (C=O) groups excluding carboxylic acids is 1. The fraction of sp³-hybridized carbons (Fsp3) is 0.360. The van der Waals surface area contributed by atoms with E-state index in [0.29, 0.717) is 23.9 Å². The third kappa shape index (κ3) is 4.25. The van der Waals surface area contributed by atoms with Gasteiger partial charge in [0.05, 0.1) is 0 Å². The van der Waals surface area contributed by atoms with Gasteiger partial charge in [-0.15, -0.1) is 0 Å². The summed E-state index contributed by atoms with van der Waals surface area (Å²) < 4.78 is 11.3. The van der Waals surface area contributed by atoms with E-state index in [1.54, 1.807) is 6.07 Å². The summed E-state index contributed by atoms with van der Waals surface area (Å²) in [5.74, 6) is 1.69. The molecule has 156 valence electrons. The van der Waals surface area contributed by atoms with Crippen molar-refractivity contribution in [2.75, 3.05) is 13.1 Å². The van der Waals surface area contributed by atoms with Gasteiger partial charge in [0.25, 0.3) is 5.91 Å². The fourth-order valence-electron chi connectivity index (χ4n) is 4.27. The first kappa shape index (κ1) is 20.2. The van der Waals surface area contributed by atoms with Gasteiger partial charge in [0, 0.05) is 25.1 Å². The van der Waals surface area contributed by atoms with Crippen molar-refractivity contribution in [1.29, 1.82) is 0 Å². The number of benzene rings is 2. The Balaban J connectivity index is 1.42. The minimum absolute atomic E-state index is 0.0737. The average Bonchev–Trinajstić information content (AvgIpc) is 3.22. The van der Waals surface area contributed by atoms with E-state index in [1.165, 1.54) is 11.1 Å². The Morgan fingerprint density at radius 1 is 1.10 bits per heavy atom. The molecule has 1 aliphatic heterocycles. The second-order valence-electron chi connectivity index (χ2n) is 8.13. The Labute approximate surface area is 177 Å². The third-order valence-electron chi connectivity index (χ3n) is 5.88. The summed E-state index contributed by atoms with van der Waals surface area (Å²) in [6, 6.07) is 16.2. The van der Waals surface area contributed by atoms with E-state index in [0.717, 1.165) is 36.3 Å². The summed E-state index contributed by atoms with van der Waals surface area (Å²) in [5, 5.41) is 4.02. The van der Waals surface area contributed by atoms with Gasteiger partial charge in [-0.2, -0.15) is 0 Å². The summed E-state index contributed by atoms with van der Waals surface area (Å²) in [7, 11) is 0. The van der Waals surface area contributed by atoms with Crippen molar-refractivity contribution in [2.45, 2.75) is 46.1 Å². The standard InChI is InChI=1S/C25H28N2O3/c1-17-8-4-5-12-22(17)20-11-7-13-27(15-20)25(28)23-14-21(30-26-23)16-29-24-18(2)9-6-10-19(24)3/h4-6,8-10,12,14,20H,7,11,13,15-16H2,1-3H3/t20-/m0/s1. The van der Waals surface area contributed by atoms with Crippen LogP contribution in [0.4, 0.5) is 0 Å². The number of carbonyl (C=O) groups is 1. The number of aryl methyl sites for hydroxylation is 3. The Hall–Kier alpha value is -3.08. The molecule has 0 saturated carbocycles. The predicted octanol–water partition coefficient (Wildman–Crippen LogP) is 5.20. The first-order valence-electron chi connectivity index (χ1n) is 10.5. The Kier molecular flexibility index (Phi) is 5.88. The van der Waals surface area contributed by atoms with E-state index < -0.39 is 0 Å². The van der Waals surface area contributed by atoms with Gasteiger partial charge in [0.2, 0.25) is 0 Å². The molecule has 1 amide bonds. The van der Waals surface area contributed by atoms with Crippen LogP contribution in [-0.2, 0) is 6.61 Å². The van der Waals surface area contributed by atoms with Crippen molar-refractivity contribution in [1.82, 2.24) is 10.1 Å². The monoisotopic (exact) mass is 404 g/mol. The van der Waals surface area contributed by atoms with Crippen LogP contribution in [0.5, 0.6) is 5.75 Å². The zero-order chi connectivity index (χ0) is 21.1. The van der Waals surface area contributed by atoms with Crippen molar-refractivity contribution < 1.29 is 14.1 Å². The molecule has 1 saturated heterocycles. The minimum atomic E-state index is -0.0737. The number of hydrogen-bond donors (Lipinski definition) is 0. The summed E-state index contributed by atoms with van der Waals surface area (Å²) in [4.78, 5) is 14.9. The van der Waals surface area contributed by atoms with Crippen LogP contribution in [0.1, 0.15) is 57.3 Å². The van der Waals surface area contributed by atoms with Crippen LogP contribution < -0.4 is 4.74 Å². The van der Waals surface area contributed by atoms with Crippen LogP contribution in [0.15, 0.2) is 53.1 Å². The lowest BCUT2D eigenvalue weighted by molar-refractivity contribution is 0.0696. The van der Waals surface area contributed by atoms with Gasteiger partial charge in [0.1, 0.15) is 12.4 Å². The summed E-state index contributed by atoms with van der Waals surface area (Å²) in [6.07, 6.45) is 2.09. The van der Waals surface area contributed by atoms with Crippen molar-refractivity contribution in [3.05, 3.63) is 82.2 Å². The number of hydrogen-bond acceptors (Lipinski definition) is 4. The molecule has 0 bridgehead atoms. The number of aromatic nitrogens is 1. The van der Waals surface area contributed by atoms with Crippen molar-refractivity contribution in [3.63, 3.8) is 0 Å². The van der Waals surface area contributed by atoms with Gasteiger partial charge in [-0.1, -0.05) is 47.6 Å². The second-order valence-corrected chi connectivity index (χ2v) is 8.13. The van der Waals surface area contributed by atoms with Crippen LogP contribution in [0, 0.1) is 20.8 Å². The molecule has 0 radical (unpaired) electrons. The largest absolute Gasteiger partial charge is 0.485 e. The normalized spacial score (nSPS) is 16.5. The number of rotatable bonds is 5. The highest BCUT2D eigenvalue weighted by atomic mass is 16.5. The van der Waals surface area contributed by atoms with Crippen LogP contribution in [-0.4, -0.2) is 29.1 Å². The van der Waals surface area contributed by atoms with E-state index in [1.807, 2.05) is 36.9 Å². The molecule has 0 N–H and O–H groups in total. The highest BCUT2D eigenvalue weighted by Crippen LogP contribution is 2.30. The molecule has 3 aromatic rings. The van der Waals surface area contributed by atoms with Gasteiger partial charge >= 0.3 is 0 Å². The van der Waals surface area contributed by atoms with Crippen LogP contribution in [0.2, 0.25) is 0 Å². The number of likely N-dealkylation sites (tertiary alicyclic amines) is 1. The molecular formula is C25H28N2O3. The summed E-state index contributed by atoms with van der Waals surface area (Å²) in [5.41, 5.74) is 5.10. The number of para-hydroxylation sites is 1. The fourth-order valence-corrected chi connectivity index (χ4v) is 4.27. The topological polar surface area (TPSA) is 55.6 Å². The number of piperidine rings is 1. The SMILES string of the molecule is Cc1ccccc1[C@H]1CCCN(C(=O)c2cc(COc3c(C)cccc3C)on2)C1. The molecule has 1 atom stereocenters. The van der Waals surface area contributed by atoms with Gasteiger partial charge in [-0.05, 0) is 55.9 Å². The smallest absolute Gasteiger partial charge is 0.276 e. The second kappa shape index (κ2) is 8.74. The predicted molar refractivity (Wildman–Crippen MR) is 116 cm³/mol. The molecule has 2 heterocycles. The van der Waals surface area contributed by atoms with Crippen molar-refractivity contribution in [2.24, 2.45) is 0 Å². The Morgan fingerprint density at radius 3 is 2.60 bits per heavy atom. The minimum Gasteiger partial charge on any atom is -0.485 e. The lowest BCUT2D eigenvalue weighted by Crippen LogP contribution is -2.39. The van der Waals surface area contributed by atoms with Crippen molar-refractivity contribution in [3.8, 4) is 5.75 Å².